The Balaban J connectivity index is 1.62. The van der Waals surface area contributed by atoms with Gasteiger partial charge in [0.1, 0.15) is 11.4 Å². The highest BCUT2D eigenvalue weighted by Gasteiger charge is 2.13. The number of amides is 1. The second kappa shape index (κ2) is 9.29. The highest BCUT2D eigenvalue weighted by molar-refractivity contribution is 5.92. The van der Waals surface area contributed by atoms with Crippen molar-refractivity contribution in [3.8, 4) is 5.75 Å². The van der Waals surface area contributed by atoms with Gasteiger partial charge in [0, 0.05) is 31.9 Å². The van der Waals surface area contributed by atoms with Gasteiger partial charge in [0.15, 0.2) is 0 Å². The summed E-state index contributed by atoms with van der Waals surface area (Å²) in [4.78, 5) is 23.4. The van der Waals surface area contributed by atoms with Crippen LogP contribution >= 0.6 is 0 Å². The molecule has 27 heavy (non-hydrogen) atoms. The maximum absolute atomic E-state index is 12.5. The van der Waals surface area contributed by atoms with Crippen LogP contribution < -0.4 is 15.4 Å². The zero-order valence-electron chi connectivity index (χ0n) is 15.7. The van der Waals surface area contributed by atoms with Gasteiger partial charge in [-0.25, -0.2) is 9.97 Å². The van der Waals surface area contributed by atoms with Crippen LogP contribution in [0.2, 0.25) is 0 Å². The predicted molar refractivity (Wildman–Crippen MR) is 103 cm³/mol. The number of morpholine rings is 1. The lowest BCUT2D eigenvalue weighted by molar-refractivity contribution is 0.0383. The molecule has 0 atom stereocenters. The summed E-state index contributed by atoms with van der Waals surface area (Å²) in [6, 6.07) is 9.16. The first-order chi connectivity index (χ1) is 13.2. The number of ether oxygens (including phenoxy) is 2. The van der Waals surface area contributed by atoms with Crippen molar-refractivity contribution >= 4 is 17.5 Å². The summed E-state index contributed by atoms with van der Waals surface area (Å²) >= 11 is 0. The summed E-state index contributed by atoms with van der Waals surface area (Å²) in [6.45, 7) is 6.49. The average Bonchev–Trinajstić information content (AvgIpc) is 2.68. The smallest absolute Gasteiger partial charge is 0.270 e. The summed E-state index contributed by atoms with van der Waals surface area (Å²) < 4.78 is 10.7. The molecule has 0 spiro atoms. The number of carbonyl (C=O) groups excluding carboxylic acids is 1. The van der Waals surface area contributed by atoms with Crippen LogP contribution in [0.3, 0.4) is 0 Å². The molecule has 1 fully saturated rings. The molecule has 1 aromatic carbocycles. The van der Waals surface area contributed by atoms with Crippen molar-refractivity contribution < 1.29 is 14.3 Å². The van der Waals surface area contributed by atoms with E-state index >= 15 is 0 Å². The fourth-order valence-electron chi connectivity index (χ4n) is 2.85. The fourth-order valence-corrected chi connectivity index (χ4v) is 2.85. The number of anilines is 2. The van der Waals surface area contributed by atoms with Crippen molar-refractivity contribution in [1.82, 2.24) is 20.2 Å². The van der Waals surface area contributed by atoms with Gasteiger partial charge in [-0.1, -0.05) is 12.1 Å². The Morgan fingerprint density at radius 1 is 1.26 bits per heavy atom. The molecule has 0 aliphatic carbocycles. The second-order valence-electron chi connectivity index (χ2n) is 6.25. The third-order valence-corrected chi connectivity index (χ3v) is 4.26. The second-order valence-corrected chi connectivity index (χ2v) is 6.25. The van der Waals surface area contributed by atoms with Crippen molar-refractivity contribution in [2.45, 2.75) is 6.92 Å². The number of hydrogen-bond acceptors (Lipinski definition) is 7. The third-order valence-electron chi connectivity index (χ3n) is 4.26. The van der Waals surface area contributed by atoms with Crippen molar-refractivity contribution in [2.24, 2.45) is 0 Å². The Hall–Kier alpha value is -2.71. The Kier molecular flexibility index (Phi) is 6.56. The summed E-state index contributed by atoms with van der Waals surface area (Å²) in [5, 5.41) is 6.04. The molecule has 8 nitrogen and oxygen atoms in total. The number of aryl methyl sites for hydroxylation is 1. The number of carbonyl (C=O) groups is 1. The minimum atomic E-state index is -0.211. The zero-order valence-corrected chi connectivity index (χ0v) is 15.7. The van der Waals surface area contributed by atoms with Crippen LogP contribution in [0.25, 0.3) is 0 Å². The van der Waals surface area contributed by atoms with E-state index in [1.165, 1.54) is 0 Å². The van der Waals surface area contributed by atoms with E-state index in [0.717, 1.165) is 38.5 Å². The lowest BCUT2D eigenvalue weighted by Crippen LogP contribution is -2.41. The predicted octanol–water partition coefficient (Wildman–Crippen LogP) is 1.60. The number of methoxy groups -OCH3 is 1. The van der Waals surface area contributed by atoms with Crippen LogP contribution in [0.4, 0.5) is 11.6 Å². The van der Waals surface area contributed by atoms with Gasteiger partial charge in [-0.3, -0.25) is 9.69 Å². The van der Waals surface area contributed by atoms with E-state index in [2.05, 4.69) is 25.5 Å². The van der Waals surface area contributed by atoms with Gasteiger partial charge in [-0.2, -0.15) is 0 Å². The molecule has 1 amide bonds. The summed E-state index contributed by atoms with van der Waals surface area (Å²) in [5.41, 5.74) is 1.78. The van der Waals surface area contributed by atoms with Gasteiger partial charge in [0.2, 0.25) is 5.95 Å². The van der Waals surface area contributed by atoms with E-state index < -0.39 is 0 Å². The first kappa shape index (κ1) is 19.1. The fraction of sp³-hybridized carbons (Fsp3) is 0.421. The average molecular weight is 371 g/mol. The summed E-state index contributed by atoms with van der Waals surface area (Å²) in [6.07, 6.45) is 0. The van der Waals surface area contributed by atoms with Crippen molar-refractivity contribution in [2.75, 3.05) is 51.8 Å². The lowest BCUT2D eigenvalue weighted by Gasteiger charge is -2.26. The molecule has 1 aliphatic heterocycles. The third kappa shape index (κ3) is 5.38. The molecule has 2 N–H and O–H groups in total. The number of nitrogens with zero attached hydrogens (tertiary/aromatic N) is 3. The number of hydrogen-bond donors (Lipinski definition) is 2. The van der Waals surface area contributed by atoms with Gasteiger partial charge in [0.25, 0.3) is 5.91 Å². The Morgan fingerprint density at radius 2 is 2.04 bits per heavy atom. The monoisotopic (exact) mass is 371 g/mol. The lowest BCUT2D eigenvalue weighted by atomic mass is 10.3. The van der Waals surface area contributed by atoms with E-state index in [9.17, 15) is 4.79 Å². The summed E-state index contributed by atoms with van der Waals surface area (Å²) in [7, 11) is 1.60. The molecule has 0 bridgehead atoms. The van der Waals surface area contributed by atoms with E-state index in [1.807, 2.05) is 31.2 Å². The molecule has 2 aromatic rings. The molecular formula is C19H25N5O3. The topological polar surface area (TPSA) is 88.6 Å². The van der Waals surface area contributed by atoms with E-state index in [-0.39, 0.29) is 5.91 Å². The van der Waals surface area contributed by atoms with Crippen LogP contribution in [0.5, 0.6) is 5.75 Å². The Morgan fingerprint density at radius 3 is 2.81 bits per heavy atom. The van der Waals surface area contributed by atoms with Gasteiger partial charge >= 0.3 is 0 Å². The van der Waals surface area contributed by atoms with Crippen LogP contribution in [-0.2, 0) is 4.74 Å². The van der Waals surface area contributed by atoms with Crippen LogP contribution in [0, 0.1) is 6.92 Å². The zero-order chi connectivity index (χ0) is 19.1. The molecule has 1 aliphatic rings. The molecule has 8 heteroatoms. The number of benzene rings is 1. The highest BCUT2D eigenvalue weighted by atomic mass is 16.5. The normalized spacial score (nSPS) is 14.6. The van der Waals surface area contributed by atoms with Gasteiger partial charge in [-0.05, 0) is 25.1 Å². The number of nitrogens with one attached hydrogen (secondary N) is 2. The Bertz CT molecular complexity index is 778. The molecule has 0 saturated carbocycles. The van der Waals surface area contributed by atoms with E-state index in [0.29, 0.717) is 29.6 Å². The number of aromatic nitrogens is 2. The van der Waals surface area contributed by atoms with Crippen LogP contribution in [0.1, 0.15) is 16.2 Å². The molecule has 144 valence electrons. The largest absolute Gasteiger partial charge is 0.495 e. The maximum atomic E-state index is 12.5. The first-order valence-corrected chi connectivity index (χ1v) is 9.00. The van der Waals surface area contributed by atoms with Crippen molar-refractivity contribution in [1.29, 1.82) is 0 Å². The highest BCUT2D eigenvalue weighted by Crippen LogP contribution is 2.25. The SMILES string of the molecule is COc1ccccc1Nc1nc(C)cc(C(=O)NCCN2CCOCC2)n1. The van der Waals surface area contributed by atoms with Crippen molar-refractivity contribution in [3.05, 3.63) is 41.7 Å². The Labute approximate surface area is 158 Å². The molecule has 1 aromatic heterocycles. The standard InChI is InChI=1S/C19H25N5O3/c1-14-13-16(18(25)20-7-8-24-9-11-27-12-10-24)23-19(21-14)22-15-5-3-4-6-17(15)26-2/h3-6,13H,7-12H2,1-2H3,(H,20,25)(H,21,22,23). The minimum absolute atomic E-state index is 0.211. The van der Waals surface area contributed by atoms with Crippen LogP contribution in [0.15, 0.2) is 30.3 Å². The van der Waals surface area contributed by atoms with Gasteiger partial charge < -0.3 is 20.1 Å². The molecule has 0 unspecified atom stereocenters. The quantitative estimate of drug-likeness (QED) is 0.764. The molecular weight excluding hydrogens is 346 g/mol. The molecule has 3 rings (SSSR count). The summed E-state index contributed by atoms with van der Waals surface area (Å²) in [5.74, 6) is 0.828. The molecule has 0 radical (unpaired) electrons. The first-order valence-electron chi connectivity index (χ1n) is 9.00. The number of para-hydroxylation sites is 2. The van der Waals surface area contributed by atoms with Crippen molar-refractivity contribution in [3.63, 3.8) is 0 Å². The van der Waals surface area contributed by atoms with E-state index in [1.54, 1.807) is 13.2 Å². The van der Waals surface area contributed by atoms with E-state index in [4.69, 9.17) is 9.47 Å². The maximum Gasteiger partial charge on any atom is 0.270 e. The van der Waals surface area contributed by atoms with Gasteiger partial charge in [0.05, 0.1) is 26.0 Å². The molecule has 1 saturated heterocycles. The van der Waals surface area contributed by atoms with Crippen LogP contribution in [-0.4, -0.2) is 67.3 Å². The molecule has 2 heterocycles. The minimum Gasteiger partial charge on any atom is -0.495 e. The van der Waals surface area contributed by atoms with Gasteiger partial charge in [-0.15, -0.1) is 0 Å². The number of rotatable bonds is 7.